The van der Waals surface area contributed by atoms with Crippen LogP contribution >= 0.6 is 0 Å². The minimum Gasteiger partial charge on any atom is -0.497 e. The standard InChI is InChI=1S/C27H30N2O2/c1-31-25-13-9-21(10-14-25)12-16-27(30)29-17-5-8-24(20-29)26-15-11-23(19-28-26)18-22-6-3-2-4-7-22/h2-4,6-7,9-11,13-15,19,24H,5,8,12,16-18,20H2,1H3. The Morgan fingerprint density at radius 3 is 2.48 bits per heavy atom. The summed E-state index contributed by atoms with van der Waals surface area (Å²) in [5.74, 6) is 1.40. The zero-order valence-electron chi connectivity index (χ0n) is 18.2. The van der Waals surface area contributed by atoms with E-state index in [-0.39, 0.29) is 5.91 Å². The Morgan fingerprint density at radius 1 is 1.00 bits per heavy atom. The number of benzene rings is 2. The molecule has 1 unspecified atom stereocenters. The molecule has 31 heavy (non-hydrogen) atoms. The lowest BCUT2D eigenvalue weighted by Crippen LogP contribution is -2.39. The Bertz CT molecular complexity index is 968. The first-order valence-corrected chi connectivity index (χ1v) is 11.1. The van der Waals surface area contributed by atoms with E-state index in [1.54, 1.807) is 7.11 Å². The number of carbonyl (C=O) groups is 1. The number of likely N-dealkylation sites (tertiary alicyclic amines) is 1. The molecule has 0 saturated carbocycles. The van der Waals surface area contributed by atoms with Crippen LogP contribution in [0.3, 0.4) is 0 Å². The van der Waals surface area contributed by atoms with Gasteiger partial charge in [0, 0.05) is 37.3 Å². The quantitative estimate of drug-likeness (QED) is 0.545. The molecule has 3 aromatic rings. The molecule has 1 aliphatic heterocycles. The SMILES string of the molecule is COc1ccc(CCC(=O)N2CCCC(c3ccc(Cc4ccccc4)cn3)C2)cc1. The van der Waals surface area contributed by atoms with E-state index < -0.39 is 0 Å². The molecule has 0 radical (unpaired) electrons. The summed E-state index contributed by atoms with van der Waals surface area (Å²) in [6.07, 6.45) is 6.32. The Hall–Kier alpha value is -3.14. The lowest BCUT2D eigenvalue weighted by Gasteiger charge is -2.32. The van der Waals surface area contributed by atoms with E-state index in [4.69, 9.17) is 9.72 Å². The molecule has 1 aromatic heterocycles. The van der Waals surface area contributed by atoms with Gasteiger partial charge in [-0.05, 0) is 60.6 Å². The third-order valence-corrected chi connectivity index (χ3v) is 6.08. The number of hydrogen-bond donors (Lipinski definition) is 0. The summed E-state index contributed by atoms with van der Waals surface area (Å²) in [5.41, 5.74) is 4.78. The number of piperidine rings is 1. The van der Waals surface area contributed by atoms with Crippen molar-refractivity contribution in [3.05, 3.63) is 95.3 Å². The smallest absolute Gasteiger partial charge is 0.222 e. The highest BCUT2D eigenvalue weighted by molar-refractivity contribution is 5.76. The highest BCUT2D eigenvalue weighted by Gasteiger charge is 2.25. The molecule has 0 spiro atoms. The number of pyridine rings is 1. The highest BCUT2D eigenvalue weighted by atomic mass is 16.5. The van der Waals surface area contributed by atoms with Crippen molar-refractivity contribution in [2.45, 2.75) is 38.0 Å². The lowest BCUT2D eigenvalue weighted by molar-refractivity contribution is -0.132. The van der Waals surface area contributed by atoms with Gasteiger partial charge in [0.15, 0.2) is 0 Å². The molecule has 0 N–H and O–H groups in total. The van der Waals surface area contributed by atoms with Crippen LogP contribution in [0.5, 0.6) is 5.75 Å². The summed E-state index contributed by atoms with van der Waals surface area (Å²) in [6, 6.07) is 22.8. The Labute approximate surface area is 184 Å². The first-order chi connectivity index (χ1) is 15.2. The van der Waals surface area contributed by atoms with Crippen molar-refractivity contribution in [2.24, 2.45) is 0 Å². The maximum Gasteiger partial charge on any atom is 0.222 e. The van der Waals surface area contributed by atoms with Gasteiger partial charge < -0.3 is 9.64 Å². The van der Waals surface area contributed by atoms with Gasteiger partial charge in [-0.25, -0.2) is 0 Å². The van der Waals surface area contributed by atoms with Gasteiger partial charge in [-0.2, -0.15) is 0 Å². The predicted octanol–water partition coefficient (Wildman–Crippen LogP) is 5.02. The van der Waals surface area contributed by atoms with E-state index in [0.717, 1.165) is 50.2 Å². The van der Waals surface area contributed by atoms with Crippen LogP contribution in [-0.4, -0.2) is 36.0 Å². The third-order valence-electron chi connectivity index (χ3n) is 6.08. The molecule has 160 valence electrons. The van der Waals surface area contributed by atoms with Gasteiger partial charge in [0.2, 0.25) is 5.91 Å². The fraction of sp³-hybridized carbons (Fsp3) is 0.333. The van der Waals surface area contributed by atoms with Gasteiger partial charge in [-0.3, -0.25) is 9.78 Å². The molecule has 1 aliphatic rings. The molecule has 0 aliphatic carbocycles. The molecule has 0 bridgehead atoms. The van der Waals surface area contributed by atoms with E-state index >= 15 is 0 Å². The first-order valence-electron chi connectivity index (χ1n) is 11.1. The second kappa shape index (κ2) is 10.3. The van der Waals surface area contributed by atoms with Crippen LogP contribution in [0.25, 0.3) is 0 Å². The van der Waals surface area contributed by atoms with Gasteiger partial charge in [0.25, 0.3) is 0 Å². The van der Waals surface area contributed by atoms with E-state index in [9.17, 15) is 4.79 Å². The summed E-state index contributed by atoms with van der Waals surface area (Å²) in [7, 11) is 1.66. The van der Waals surface area contributed by atoms with E-state index in [1.807, 2.05) is 41.4 Å². The van der Waals surface area contributed by atoms with Gasteiger partial charge >= 0.3 is 0 Å². The van der Waals surface area contributed by atoms with Crippen molar-refractivity contribution >= 4 is 5.91 Å². The fourth-order valence-electron chi connectivity index (χ4n) is 4.26. The van der Waals surface area contributed by atoms with Gasteiger partial charge in [0.05, 0.1) is 7.11 Å². The highest BCUT2D eigenvalue weighted by Crippen LogP contribution is 2.26. The molecular formula is C27H30N2O2. The van der Waals surface area contributed by atoms with Crippen molar-refractivity contribution in [1.82, 2.24) is 9.88 Å². The number of amides is 1. The van der Waals surface area contributed by atoms with Gasteiger partial charge in [-0.1, -0.05) is 48.5 Å². The number of methoxy groups -OCH3 is 1. The Morgan fingerprint density at radius 2 is 1.77 bits per heavy atom. The van der Waals surface area contributed by atoms with E-state index in [1.165, 1.54) is 16.7 Å². The first kappa shape index (κ1) is 21.1. The van der Waals surface area contributed by atoms with Crippen molar-refractivity contribution in [3.63, 3.8) is 0 Å². The normalized spacial score (nSPS) is 16.2. The van der Waals surface area contributed by atoms with Crippen molar-refractivity contribution in [3.8, 4) is 5.75 Å². The predicted molar refractivity (Wildman–Crippen MR) is 123 cm³/mol. The second-order valence-corrected chi connectivity index (χ2v) is 8.28. The molecular weight excluding hydrogens is 384 g/mol. The Kier molecular flexibility index (Phi) is 6.98. The summed E-state index contributed by atoms with van der Waals surface area (Å²) >= 11 is 0. The molecule has 4 rings (SSSR count). The zero-order valence-corrected chi connectivity index (χ0v) is 18.2. The number of rotatable bonds is 7. The largest absolute Gasteiger partial charge is 0.497 e. The Balaban J connectivity index is 1.31. The molecule has 1 fully saturated rings. The number of aryl methyl sites for hydroxylation is 1. The fourth-order valence-corrected chi connectivity index (χ4v) is 4.26. The maximum absolute atomic E-state index is 12.8. The molecule has 1 saturated heterocycles. The number of aromatic nitrogens is 1. The van der Waals surface area contributed by atoms with Crippen LogP contribution in [0.15, 0.2) is 72.9 Å². The topological polar surface area (TPSA) is 42.4 Å². The van der Waals surface area contributed by atoms with Crippen LogP contribution in [0.2, 0.25) is 0 Å². The minimum absolute atomic E-state index is 0.237. The number of nitrogens with zero attached hydrogens (tertiary/aromatic N) is 2. The van der Waals surface area contributed by atoms with E-state index in [2.05, 4.69) is 36.4 Å². The monoisotopic (exact) mass is 414 g/mol. The molecule has 2 heterocycles. The molecule has 4 nitrogen and oxygen atoms in total. The number of hydrogen-bond acceptors (Lipinski definition) is 3. The average Bonchev–Trinajstić information content (AvgIpc) is 2.84. The van der Waals surface area contributed by atoms with Crippen LogP contribution in [0.1, 0.15) is 47.6 Å². The summed E-state index contributed by atoms with van der Waals surface area (Å²) < 4.78 is 5.20. The van der Waals surface area contributed by atoms with Crippen LogP contribution in [0.4, 0.5) is 0 Å². The van der Waals surface area contributed by atoms with Crippen molar-refractivity contribution < 1.29 is 9.53 Å². The summed E-state index contributed by atoms with van der Waals surface area (Å²) in [5, 5.41) is 0. The second-order valence-electron chi connectivity index (χ2n) is 8.28. The molecule has 1 amide bonds. The average molecular weight is 415 g/mol. The number of ether oxygens (including phenoxy) is 1. The molecule has 1 atom stereocenters. The van der Waals surface area contributed by atoms with Gasteiger partial charge in [0.1, 0.15) is 5.75 Å². The zero-order chi connectivity index (χ0) is 21.5. The molecule has 4 heteroatoms. The van der Waals surface area contributed by atoms with E-state index in [0.29, 0.717) is 12.3 Å². The van der Waals surface area contributed by atoms with Crippen LogP contribution in [0, 0.1) is 0 Å². The summed E-state index contributed by atoms with van der Waals surface area (Å²) in [4.78, 5) is 19.6. The third kappa shape index (κ3) is 5.72. The maximum atomic E-state index is 12.8. The minimum atomic E-state index is 0.237. The van der Waals surface area contributed by atoms with Crippen LogP contribution in [-0.2, 0) is 17.6 Å². The van der Waals surface area contributed by atoms with Crippen molar-refractivity contribution in [1.29, 1.82) is 0 Å². The van der Waals surface area contributed by atoms with Crippen LogP contribution < -0.4 is 4.74 Å². The van der Waals surface area contributed by atoms with Crippen molar-refractivity contribution in [2.75, 3.05) is 20.2 Å². The lowest BCUT2D eigenvalue weighted by atomic mass is 9.93. The number of carbonyl (C=O) groups excluding carboxylic acids is 1. The molecule has 2 aromatic carbocycles. The van der Waals surface area contributed by atoms with Gasteiger partial charge in [-0.15, -0.1) is 0 Å². The summed E-state index contributed by atoms with van der Waals surface area (Å²) in [6.45, 7) is 1.62.